The second-order valence-electron chi connectivity index (χ2n) is 4.88. The summed E-state index contributed by atoms with van der Waals surface area (Å²) in [6.07, 6.45) is 0. The number of hydrogen-bond acceptors (Lipinski definition) is 5. The number of fused-ring (bicyclic) bond motifs is 1. The monoisotopic (exact) mass is 366 g/mol. The third-order valence-electron chi connectivity index (χ3n) is 3.26. The van der Waals surface area contributed by atoms with Crippen molar-refractivity contribution in [2.45, 2.75) is 10.4 Å². The van der Waals surface area contributed by atoms with Crippen molar-refractivity contribution in [2.75, 3.05) is 10.6 Å². The highest BCUT2D eigenvalue weighted by molar-refractivity contribution is 7.90. The van der Waals surface area contributed by atoms with Gasteiger partial charge in [-0.3, -0.25) is 10.1 Å². The maximum absolute atomic E-state index is 12.4. The van der Waals surface area contributed by atoms with Gasteiger partial charge in [0.05, 0.1) is 21.2 Å². The van der Waals surface area contributed by atoms with E-state index in [1.54, 1.807) is 24.3 Å². The molecular formula is C14H11ClN4O4S. The van der Waals surface area contributed by atoms with Gasteiger partial charge in [0.2, 0.25) is 0 Å². The Morgan fingerprint density at radius 2 is 1.83 bits per heavy atom. The van der Waals surface area contributed by atoms with Crippen molar-refractivity contribution in [3.05, 3.63) is 58.6 Å². The molecule has 0 radical (unpaired) electrons. The number of alkyl halides is 1. The van der Waals surface area contributed by atoms with Gasteiger partial charge in [-0.15, -0.1) is 4.40 Å². The molecule has 1 unspecified atom stereocenters. The van der Waals surface area contributed by atoms with Crippen molar-refractivity contribution in [2.24, 2.45) is 4.40 Å². The van der Waals surface area contributed by atoms with Gasteiger partial charge >= 0.3 is 0 Å². The van der Waals surface area contributed by atoms with E-state index in [4.69, 9.17) is 11.6 Å². The minimum absolute atomic E-state index is 0.0122. The molecule has 0 amide bonds. The number of anilines is 2. The lowest BCUT2D eigenvalue weighted by Gasteiger charge is -2.25. The van der Waals surface area contributed by atoms with Crippen LogP contribution < -0.4 is 10.6 Å². The van der Waals surface area contributed by atoms with E-state index >= 15 is 0 Å². The number of nitro benzene ring substituents is 1. The molecule has 2 aromatic carbocycles. The number of amidine groups is 1. The Balaban J connectivity index is 1.98. The number of rotatable bonds is 3. The Bertz CT molecular complexity index is 945. The second-order valence-corrected chi connectivity index (χ2v) is 6.92. The number of nitrogens with zero attached hydrogens (tertiary/aromatic N) is 2. The fraction of sp³-hybridized carbons (Fsp3) is 0.0714. The molecular weight excluding hydrogens is 356 g/mol. The molecule has 1 heterocycles. The van der Waals surface area contributed by atoms with Crippen LogP contribution in [-0.4, -0.2) is 24.7 Å². The fourth-order valence-electron chi connectivity index (χ4n) is 2.13. The molecule has 0 aromatic heterocycles. The summed E-state index contributed by atoms with van der Waals surface area (Å²) in [5.41, 5.74) is 0.124. The predicted molar refractivity (Wildman–Crippen MR) is 91.0 cm³/mol. The van der Waals surface area contributed by atoms with Crippen LogP contribution >= 0.6 is 11.6 Å². The molecule has 8 nitrogen and oxygen atoms in total. The molecule has 0 fully saturated rings. The summed E-state index contributed by atoms with van der Waals surface area (Å²) in [4.78, 5) is 9.83. The molecule has 2 N–H and O–H groups in total. The number of halogens is 1. The first kappa shape index (κ1) is 16.2. The van der Waals surface area contributed by atoms with Crippen LogP contribution in [0.4, 0.5) is 17.1 Å². The van der Waals surface area contributed by atoms with Crippen LogP contribution in [0.3, 0.4) is 0 Å². The summed E-state index contributed by atoms with van der Waals surface area (Å²) in [5.74, 6) is -0.0122. The van der Waals surface area contributed by atoms with Gasteiger partial charge in [0.25, 0.3) is 15.7 Å². The summed E-state index contributed by atoms with van der Waals surface area (Å²) in [5, 5.41) is 16.6. The van der Waals surface area contributed by atoms with Crippen molar-refractivity contribution in [1.82, 2.24) is 0 Å². The quantitative estimate of drug-likeness (QED) is 0.373. The van der Waals surface area contributed by atoms with Crippen LogP contribution in [0.1, 0.15) is 0 Å². The van der Waals surface area contributed by atoms with Gasteiger partial charge in [-0.25, -0.2) is 0 Å². The topological polar surface area (TPSA) is 114 Å². The van der Waals surface area contributed by atoms with E-state index in [2.05, 4.69) is 15.0 Å². The summed E-state index contributed by atoms with van der Waals surface area (Å²) < 4.78 is 28.5. The molecule has 1 atom stereocenters. The first-order chi connectivity index (χ1) is 11.4. The van der Waals surface area contributed by atoms with Crippen LogP contribution in [0.2, 0.25) is 0 Å². The summed E-state index contributed by atoms with van der Waals surface area (Å²) >= 11 is 6.11. The van der Waals surface area contributed by atoms with Gasteiger partial charge in [-0.05, 0) is 18.2 Å². The molecule has 124 valence electrons. The van der Waals surface area contributed by atoms with Crippen LogP contribution in [0.15, 0.2) is 57.8 Å². The van der Waals surface area contributed by atoms with Crippen molar-refractivity contribution >= 4 is 44.5 Å². The molecule has 0 saturated heterocycles. The maximum atomic E-state index is 12.4. The van der Waals surface area contributed by atoms with Crippen LogP contribution in [0.25, 0.3) is 0 Å². The molecule has 1 aliphatic heterocycles. The lowest BCUT2D eigenvalue weighted by Crippen LogP contribution is -2.35. The molecule has 0 spiro atoms. The van der Waals surface area contributed by atoms with E-state index in [1.165, 1.54) is 18.2 Å². The smallest absolute Gasteiger partial charge is 0.284 e. The molecule has 1 aliphatic rings. The fourth-order valence-corrected chi connectivity index (χ4v) is 3.45. The minimum atomic E-state index is -4.15. The maximum Gasteiger partial charge on any atom is 0.284 e. The van der Waals surface area contributed by atoms with E-state index < -0.39 is 20.4 Å². The van der Waals surface area contributed by atoms with Gasteiger partial charge < -0.3 is 10.6 Å². The molecule has 10 heteroatoms. The Hall–Kier alpha value is -2.65. The molecule has 0 aliphatic carbocycles. The van der Waals surface area contributed by atoms with Crippen molar-refractivity contribution in [1.29, 1.82) is 0 Å². The van der Waals surface area contributed by atoms with Gasteiger partial charge in [-0.1, -0.05) is 29.8 Å². The zero-order valence-electron chi connectivity index (χ0n) is 12.0. The molecule has 0 saturated carbocycles. The number of non-ortho nitro benzene ring substituents is 1. The SMILES string of the molecule is O=[N+]([O-])c1cccc(S(=O)(=O)N=C2Nc3ccccc3NC2Cl)c1. The summed E-state index contributed by atoms with van der Waals surface area (Å²) in [7, 11) is -4.15. The van der Waals surface area contributed by atoms with Gasteiger partial charge in [0.15, 0.2) is 11.3 Å². The van der Waals surface area contributed by atoms with Crippen molar-refractivity contribution in [3.8, 4) is 0 Å². The average molecular weight is 367 g/mol. The van der Waals surface area contributed by atoms with Gasteiger partial charge in [0, 0.05) is 12.1 Å². The Morgan fingerprint density at radius 3 is 2.54 bits per heavy atom. The number of nitrogens with one attached hydrogen (secondary N) is 2. The predicted octanol–water partition coefficient (Wildman–Crippen LogP) is 2.78. The first-order valence-electron chi connectivity index (χ1n) is 6.73. The minimum Gasteiger partial charge on any atom is -0.361 e. The highest BCUT2D eigenvalue weighted by atomic mass is 35.5. The summed E-state index contributed by atoms with van der Waals surface area (Å²) in [6.45, 7) is 0. The Kier molecular flexibility index (Phi) is 4.12. The highest BCUT2D eigenvalue weighted by Crippen LogP contribution is 2.28. The molecule has 24 heavy (non-hydrogen) atoms. The van der Waals surface area contributed by atoms with E-state index in [0.29, 0.717) is 11.4 Å². The number of benzene rings is 2. The van der Waals surface area contributed by atoms with Crippen LogP contribution in [-0.2, 0) is 10.0 Å². The molecule has 0 bridgehead atoms. The zero-order chi connectivity index (χ0) is 17.3. The van der Waals surface area contributed by atoms with Gasteiger partial charge in [-0.2, -0.15) is 8.42 Å². The standard InChI is InChI=1S/C14H11ClN4O4S/c15-13-14(17-12-7-2-1-6-11(12)16-13)18-24(22,23)10-5-3-4-9(8-10)19(20)21/h1-8,13,16H,(H,17,18). The van der Waals surface area contributed by atoms with Crippen molar-refractivity contribution < 1.29 is 13.3 Å². The largest absolute Gasteiger partial charge is 0.361 e. The Morgan fingerprint density at radius 1 is 1.12 bits per heavy atom. The highest BCUT2D eigenvalue weighted by Gasteiger charge is 2.25. The van der Waals surface area contributed by atoms with Crippen molar-refractivity contribution in [3.63, 3.8) is 0 Å². The zero-order valence-corrected chi connectivity index (χ0v) is 13.6. The molecule has 3 rings (SSSR count). The van der Waals surface area contributed by atoms with E-state index in [9.17, 15) is 18.5 Å². The number of para-hydroxylation sites is 2. The number of sulfonamides is 1. The van der Waals surface area contributed by atoms with Crippen LogP contribution in [0.5, 0.6) is 0 Å². The average Bonchev–Trinajstić information content (AvgIpc) is 2.55. The van der Waals surface area contributed by atoms with E-state index in [0.717, 1.165) is 6.07 Å². The van der Waals surface area contributed by atoms with Gasteiger partial charge in [0.1, 0.15) is 0 Å². The third-order valence-corrected chi connectivity index (χ3v) is 4.86. The van der Waals surface area contributed by atoms with Crippen LogP contribution in [0, 0.1) is 10.1 Å². The normalized spacial score (nSPS) is 18.4. The third kappa shape index (κ3) is 3.17. The Labute approximate surface area is 142 Å². The van der Waals surface area contributed by atoms with E-state index in [1.807, 2.05) is 0 Å². The molecule has 2 aromatic rings. The number of nitro groups is 1. The lowest BCUT2D eigenvalue weighted by molar-refractivity contribution is -0.385. The van der Waals surface area contributed by atoms with E-state index in [-0.39, 0.29) is 16.4 Å². The first-order valence-corrected chi connectivity index (χ1v) is 8.60. The lowest BCUT2D eigenvalue weighted by atomic mass is 10.2. The second kappa shape index (κ2) is 6.10. The summed E-state index contributed by atoms with van der Waals surface area (Å²) in [6, 6.07) is 11.8. The number of hydrogen-bond donors (Lipinski definition) is 2.